The van der Waals surface area contributed by atoms with Crippen molar-refractivity contribution in [3.63, 3.8) is 0 Å². The smallest absolute Gasteiger partial charge is 0.328 e. The van der Waals surface area contributed by atoms with E-state index in [4.69, 9.17) is 10.5 Å². The van der Waals surface area contributed by atoms with Crippen LogP contribution in [0.2, 0.25) is 0 Å². The van der Waals surface area contributed by atoms with E-state index in [2.05, 4.69) is 49.5 Å². The Morgan fingerprint density at radius 3 is 1.49 bits per heavy atom. The lowest BCUT2D eigenvalue weighted by atomic mass is 9.98. The zero-order chi connectivity index (χ0) is 58.0. The molecule has 76 heavy (non-hydrogen) atoms. The number of cyclic esters (lactones) is 1. The summed E-state index contributed by atoms with van der Waals surface area (Å²) in [7, 11) is 0. The molecule has 23 heteroatoms. The number of aliphatic hydroxyl groups excluding tert-OH is 1. The second-order valence-corrected chi connectivity index (χ2v) is 22.4. The molecule has 1 fully saturated rings. The van der Waals surface area contributed by atoms with E-state index in [9.17, 15) is 63.0 Å². The van der Waals surface area contributed by atoms with E-state index < -0.39 is 132 Å². The summed E-state index contributed by atoms with van der Waals surface area (Å²) < 4.78 is 5.84. The number of amides is 9. The van der Waals surface area contributed by atoms with Gasteiger partial charge in [0, 0.05) is 6.42 Å². The number of ether oxygens (including phenoxy) is 1. The van der Waals surface area contributed by atoms with Gasteiger partial charge in [-0.15, -0.1) is 0 Å². The maximum atomic E-state index is 14.6. The van der Waals surface area contributed by atoms with Crippen molar-refractivity contribution in [2.75, 3.05) is 0 Å². The minimum Gasteiger partial charge on any atom is -0.481 e. The van der Waals surface area contributed by atoms with Gasteiger partial charge in [0.05, 0.1) is 18.9 Å². The molecule has 0 saturated carbocycles. The summed E-state index contributed by atoms with van der Waals surface area (Å²) in [6.45, 7) is 21.0. The highest BCUT2D eigenvalue weighted by molar-refractivity contribution is 5.99. The molecule has 12 N–H and O–H groups in total. The molecule has 0 aromatic carbocycles. The summed E-state index contributed by atoms with van der Waals surface area (Å²) in [6.07, 6.45) is 0.565. The van der Waals surface area contributed by atoms with Gasteiger partial charge in [0.15, 0.2) is 0 Å². The van der Waals surface area contributed by atoms with Gasteiger partial charge in [-0.2, -0.15) is 0 Å². The van der Waals surface area contributed by atoms with E-state index in [-0.39, 0.29) is 81.0 Å². The van der Waals surface area contributed by atoms with Crippen LogP contribution < -0.4 is 48.3 Å². The highest BCUT2D eigenvalue weighted by Gasteiger charge is 2.40. The van der Waals surface area contributed by atoms with Crippen molar-refractivity contribution in [2.45, 2.75) is 240 Å². The molecular weight excluding hydrogens is 987 g/mol. The fourth-order valence-corrected chi connectivity index (χ4v) is 8.60. The third-order valence-corrected chi connectivity index (χ3v) is 12.4. The number of rotatable bonds is 28. The molecule has 1 aliphatic heterocycles. The van der Waals surface area contributed by atoms with Crippen molar-refractivity contribution in [1.29, 1.82) is 0 Å². The fraction of sp³-hybridized carbons (Fsp3) is 0.792. The topological polar surface area (TPSA) is 360 Å². The lowest BCUT2D eigenvalue weighted by molar-refractivity contribution is -0.156. The highest BCUT2D eigenvalue weighted by Crippen LogP contribution is 2.17. The van der Waals surface area contributed by atoms with Crippen LogP contribution in [0.3, 0.4) is 0 Å². The zero-order valence-electron chi connectivity index (χ0n) is 47.1. The first-order chi connectivity index (χ1) is 35.4. The Morgan fingerprint density at radius 1 is 0.579 bits per heavy atom. The maximum absolute atomic E-state index is 14.6. The summed E-state index contributed by atoms with van der Waals surface area (Å²) in [5.74, 6) is -11.8. The number of carbonyl (C=O) groups is 11. The number of hydrogen-bond donors (Lipinski definition) is 11. The van der Waals surface area contributed by atoms with E-state index in [0.29, 0.717) is 12.8 Å². The molecule has 0 radical (unpaired) electrons. The Labute approximate surface area is 449 Å². The molecule has 1 heterocycles. The van der Waals surface area contributed by atoms with Crippen LogP contribution in [0.4, 0.5) is 0 Å². The van der Waals surface area contributed by atoms with Gasteiger partial charge in [0.2, 0.25) is 53.2 Å². The minimum atomic E-state index is -1.91. The number of carboxylic acid groups (broad SMARTS) is 1. The summed E-state index contributed by atoms with van der Waals surface area (Å²) in [4.78, 5) is 151. The van der Waals surface area contributed by atoms with Gasteiger partial charge < -0.3 is 63.2 Å². The van der Waals surface area contributed by atoms with E-state index in [1.165, 1.54) is 6.92 Å². The Kier molecular flexibility index (Phi) is 31.1. The predicted molar refractivity (Wildman–Crippen MR) is 283 cm³/mol. The number of carbonyl (C=O) groups excluding carboxylic acids is 10. The lowest BCUT2D eigenvalue weighted by Gasteiger charge is -2.31. The normalized spacial score (nSPS) is 22.7. The van der Waals surface area contributed by atoms with Gasteiger partial charge in [-0.1, -0.05) is 108 Å². The molecule has 1 rings (SSSR count). The summed E-state index contributed by atoms with van der Waals surface area (Å²) in [6, 6.07) is -12.0. The van der Waals surface area contributed by atoms with E-state index in [0.717, 1.165) is 25.7 Å². The molecule has 0 aromatic rings. The maximum Gasteiger partial charge on any atom is 0.328 e. The minimum absolute atomic E-state index is 0.0210. The van der Waals surface area contributed by atoms with Crippen molar-refractivity contribution in [3.05, 3.63) is 0 Å². The fourth-order valence-electron chi connectivity index (χ4n) is 8.60. The molecule has 0 aliphatic carbocycles. The SMILES string of the molecule is CCCCCCCC(O)CC(=O)NC(CC(C)C)C(=O)NC(CC(=O)O)C(=O)NC1C(=O)NC(CC(C)C)C(=O)NC(CC(C)C)C(=O)NC(CCC(N)=O)C(=O)NC(CC(C)C)C(=O)NC(CC(C)C)C(=O)OC1C. The van der Waals surface area contributed by atoms with Crippen molar-refractivity contribution >= 4 is 65.1 Å². The van der Waals surface area contributed by atoms with Crippen LogP contribution in [-0.2, 0) is 57.5 Å². The standard InChI is InChI=1S/C53H93N9O14/c1-13-14-15-16-17-18-34(63)26-43(65)55-36(21-28(2)3)47(69)59-40(27-44(66)67)51(73)62-45-33(12)76-53(75)41(25-32(10)11)61-50(72)38(23-30(6)7)57-46(68)35(19-20-42(54)64)56-48(70)37(22-29(4)5)58-49(71)39(24-31(8)9)60-52(45)74/h28-41,45,63H,13-27H2,1-12H3,(H2,54,64)(H,55,65)(H,56,70)(H,57,68)(H,58,71)(H,59,69)(H,60,74)(H,61,72)(H,62,73)(H,66,67). The second-order valence-electron chi connectivity index (χ2n) is 22.4. The summed E-state index contributed by atoms with van der Waals surface area (Å²) >= 11 is 0. The Balaban J connectivity index is 3.95. The van der Waals surface area contributed by atoms with Crippen LogP contribution in [0.5, 0.6) is 0 Å². The number of carboxylic acids is 1. The quantitative estimate of drug-likeness (QED) is 0.0394. The number of nitrogens with two attached hydrogens (primary N) is 1. The van der Waals surface area contributed by atoms with Crippen LogP contribution in [0.25, 0.3) is 0 Å². The third kappa shape index (κ3) is 27.3. The van der Waals surface area contributed by atoms with Crippen LogP contribution in [-0.4, -0.2) is 136 Å². The molecule has 9 amide bonds. The molecular formula is C53H93N9O14. The van der Waals surface area contributed by atoms with Crippen molar-refractivity contribution < 1.29 is 67.7 Å². The largest absolute Gasteiger partial charge is 0.481 e. The molecule has 10 unspecified atom stereocenters. The van der Waals surface area contributed by atoms with Gasteiger partial charge in [-0.05, 0) is 81.5 Å². The number of unbranched alkanes of at least 4 members (excludes halogenated alkanes) is 4. The first kappa shape index (κ1) is 68.1. The van der Waals surface area contributed by atoms with Gasteiger partial charge >= 0.3 is 11.9 Å². The number of primary amides is 1. The van der Waals surface area contributed by atoms with Crippen LogP contribution >= 0.6 is 0 Å². The molecule has 1 aliphatic rings. The van der Waals surface area contributed by atoms with E-state index in [1.54, 1.807) is 69.2 Å². The Hall–Kier alpha value is -5.87. The number of hydrogen-bond acceptors (Lipinski definition) is 13. The van der Waals surface area contributed by atoms with E-state index in [1.807, 2.05) is 0 Å². The van der Waals surface area contributed by atoms with Crippen LogP contribution in [0.15, 0.2) is 0 Å². The Morgan fingerprint density at radius 2 is 1.03 bits per heavy atom. The monoisotopic (exact) mass is 1080 g/mol. The molecule has 0 bridgehead atoms. The van der Waals surface area contributed by atoms with Gasteiger partial charge in [-0.25, -0.2) is 4.79 Å². The molecule has 434 valence electrons. The Bertz CT molecular complexity index is 1950. The average Bonchev–Trinajstić information content (AvgIpc) is 3.28. The van der Waals surface area contributed by atoms with Gasteiger partial charge in [-0.3, -0.25) is 47.9 Å². The number of aliphatic carboxylic acids is 1. The number of nitrogens with one attached hydrogen (secondary N) is 8. The number of aliphatic hydroxyl groups is 1. The van der Waals surface area contributed by atoms with Gasteiger partial charge in [0.25, 0.3) is 0 Å². The highest BCUT2D eigenvalue weighted by atomic mass is 16.5. The van der Waals surface area contributed by atoms with Gasteiger partial charge in [0.1, 0.15) is 54.4 Å². The number of esters is 1. The predicted octanol–water partition coefficient (Wildman–Crippen LogP) is 1.89. The third-order valence-electron chi connectivity index (χ3n) is 12.4. The molecule has 1 saturated heterocycles. The molecule has 0 spiro atoms. The van der Waals surface area contributed by atoms with Crippen molar-refractivity contribution in [3.8, 4) is 0 Å². The molecule has 23 nitrogen and oxygen atoms in total. The van der Waals surface area contributed by atoms with E-state index >= 15 is 0 Å². The first-order valence-corrected chi connectivity index (χ1v) is 27.2. The lowest BCUT2D eigenvalue weighted by Crippen LogP contribution is -2.62. The molecule has 10 atom stereocenters. The zero-order valence-corrected chi connectivity index (χ0v) is 47.1. The van der Waals surface area contributed by atoms with Crippen LogP contribution in [0.1, 0.15) is 179 Å². The average molecular weight is 1080 g/mol. The second kappa shape index (κ2) is 34.7. The van der Waals surface area contributed by atoms with Crippen molar-refractivity contribution in [1.82, 2.24) is 42.5 Å². The van der Waals surface area contributed by atoms with Crippen molar-refractivity contribution in [2.24, 2.45) is 35.3 Å². The van der Waals surface area contributed by atoms with Crippen LogP contribution in [0, 0.1) is 29.6 Å². The summed E-state index contributed by atoms with van der Waals surface area (Å²) in [5.41, 5.74) is 5.44. The first-order valence-electron chi connectivity index (χ1n) is 27.2. The summed E-state index contributed by atoms with van der Waals surface area (Å²) in [5, 5.41) is 41.1. The molecule has 0 aromatic heterocycles.